The molecule has 2 unspecified atom stereocenters. The standard InChI is InChI=1S/C12H20O4/c1-2-8-3-4-10-11(15-8)5-6-12(14,16-10)9(13)7-11/h8-10,13-14H,2-7H2,1H3/t8-,9+,10-,11?,12?/m0/s1. The normalized spacial score (nSPS) is 56.1. The second-order valence-corrected chi connectivity index (χ2v) is 5.46. The quantitative estimate of drug-likeness (QED) is 0.701. The monoisotopic (exact) mass is 228 g/mol. The fourth-order valence-electron chi connectivity index (χ4n) is 3.45. The van der Waals surface area contributed by atoms with Crippen molar-refractivity contribution in [3.63, 3.8) is 0 Å². The highest BCUT2D eigenvalue weighted by Gasteiger charge is 2.62. The second-order valence-electron chi connectivity index (χ2n) is 5.46. The summed E-state index contributed by atoms with van der Waals surface area (Å²) in [6.45, 7) is 2.13. The maximum atomic E-state index is 10.1. The average Bonchev–Trinajstić information content (AvgIpc) is 2.28. The number of ether oxygens (including phenoxy) is 2. The van der Waals surface area contributed by atoms with Crippen LogP contribution in [0.3, 0.4) is 0 Å². The predicted octanol–water partition coefficient (Wildman–Crippen LogP) is 0.946. The van der Waals surface area contributed by atoms with Gasteiger partial charge < -0.3 is 19.7 Å². The van der Waals surface area contributed by atoms with E-state index in [2.05, 4.69) is 6.92 Å². The molecule has 3 saturated heterocycles. The minimum Gasteiger partial charge on any atom is -0.387 e. The molecule has 4 heteroatoms. The van der Waals surface area contributed by atoms with E-state index in [1.807, 2.05) is 0 Å². The molecule has 0 amide bonds. The molecule has 4 rings (SSSR count). The van der Waals surface area contributed by atoms with Crippen molar-refractivity contribution in [1.29, 1.82) is 0 Å². The summed E-state index contributed by atoms with van der Waals surface area (Å²) in [7, 11) is 0. The Morgan fingerprint density at radius 1 is 1.25 bits per heavy atom. The summed E-state index contributed by atoms with van der Waals surface area (Å²) in [6.07, 6.45) is 4.22. The lowest BCUT2D eigenvalue weighted by molar-refractivity contribution is -0.396. The number of fused-ring (bicyclic) bond motifs is 2. The van der Waals surface area contributed by atoms with Crippen LogP contribution >= 0.6 is 0 Å². The molecule has 4 nitrogen and oxygen atoms in total. The lowest BCUT2D eigenvalue weighted by Crippen LogP contribution is -2.70. The summed E-state index contributed by atoms with van der Waals surface area (Å²) in [5, 5.41) is 20.0. The summed E-state index contributed by atoms with van der Waals surface area (Å²) in [4.78, 5) is 0. The van der Waals surface area contributed by atoms with Gasteiger partial charge in [-0.3, -0.25) is 0 Å². The zero-order chi connectivity index (χ0) is 11.4. The van der Waals surface area contributed by atoms with Gasteiger partial charge in [-0.15, -0.1) is 0 Å². The fraction of sp³-hybridized carbons (Fsp3) is 1.00. The van der Waals surface area contributed by atoms with E-state index in [1.165, 1.54) is 0 Å². The van der Waals surface area contributed by atoms with Gasteiger partial charge in [0, 0.05) is 12.8 Å². The predicted molar refractivity (Wildman–Crippen MR) is 56.8 cm³/mol. The van der Waals surface area contributed by atoms with E-state index in [4.69, 9.17) is 9.47 Å². The molecule has 16 heavy (non-hydrogen) atoms. The Morgan fingerprint density at radius 2 is 2.06 bits per heavy atom. The van der Waals surface area contributed by atoms with E-state index >= 15 is 0 Å². The zero-order valence-corrected chi connectivity index (χ0v) is 9.69. The number of aliphatic hydroxyl groups excluding tert-OH is 1. The first-order chi connectivity index (χ1) is 7.58. The molecule has 0 radical (unpaired) electrons. The van der Waals surface area contributed by atoms with Crippen LogP contribution < -0.4 is 0 Å². The summed E-state index contributed by atoms with van der Waals surface area (Å²) >= 11 is 0. The molecule has 0 aromatic heterocycles. The van der Waals surface area contributed by atoms with Gasteiger partial charge in [0.05, 0.1) is 17.8 Å². The molecular formula is C12H20O4. The Labute approximate surface area is 95.6 Å². The van der Waals surface area contributed by atoms with E-state index in [0.717, 1.165) is 25.7 Å². The van der Waals surface area contributed by atoms with Gasteiger partial charge >= 0.3 is 0 Å². The molecule has 4 fully saturated rings. The van der Waals surface area contributed by atoms with Crippen molar-refractivity contribution in [2.75, 3.05) is 0 Å². The van der Waals surface area contributed by atoms with Crippen LogP contribution in [0.4, 0.5) is 0 Å². The first-order valence-corrected chi connectivity index (χ1v) is 6.34. The number of hydrogen-bond donors (Lipinski definition) is 2. The second kappa shape index (κ2) is 3.42. The van der Waals surface area contributed by atoms with Crippen LogP contribution in [0.1, 0.15) is 45.4 Å². The third-order valence-corrected chi connectivity index (χ3v) is 4.51. The highest BCUT2D eigenvalue weighted by molar-refractivity contribution is 5.08. The number of hydrogen-bond acceptors (Lipinski definition) is 4. The van der Waals surface area contributed by atoms with Crippen molar-refractivity contribution in [1.82, 2.24) is 0 Å². The highest BCUT2D eigenvalue weighted by atomic mass is 16.7. The third kappa shape index (κ3) is 1.37. The molecule has 1 aliphatic carbocycles. The van der Waals surface area contributed by atoms with Gasteiger partial charge in [0.2, 0.25) is 0 Å². The third-order valence-electron chi connectivity index (χ3n) is 4.51. The first-order valence-electron chi connectivity index (χ1n) is 6.34. The molecular weight excluding hydrogens is 208 g/mol. The van der Waals surface area contributed by atoms with Crippen LogP contribution in [0.2, 0.25) is 0 Å². The molecule has 2 bridgehead atoms. The minimum absolute atomic E-state index is 0.0301. The van der Waals surface area contributed by atoms with E-state index in [0.29, 0.717) is 12.8 Å². The Balaban J connectivity index is 1.86. The van der Waals surface area contributed by atoms with Crippen LogP contribution in [-0.4, -0.2) is 39.9 Å². The highest BCUT2D eigenvalue weighted by Crippen LogP contribution is 2.52. The molecule has 0 aromatic rings. The van der Waals surface area contributed by atoms with Gasteiger partial charge in [0.15, 0.2) is 5.79 Å². The van der Waals surface area contributed by atoms with Crippen LogP contribution in [0.25, 0.3) is 0 Å². The SMILES string of the molecule is CC[C@H]1CC[C@@H]2OC3(O)CCC2(C[C@H]3O)O1. The summed E-state index contributed by atoms with van der Waals surface area (Å²) < 4.78 is 11.8. The van der Waals surface area contributed by atoms with Crippen LogP contribution in [0.15, 0.2) is 0 Å². The Morgan fingerprint density at radius 3 is 2.75 bits per heavy atom. The lowest BCUT2D eigenvalue weighted by Gasteiger charge is -2.59. The van der Waals surface area contributed by atoms with Gasteiger partial charge in [-0.25, -0.2) is 0 Å². The number of rotatable bonds is 1. The molecule has 5 atom stereocenters. The van der Waals surface area contributed by atoms with E-state index in [-0.39, 0.29) is 17.8 Å². The molecule has 1 spiro atoms. The molecule has 92 valence electrons. The maximum absolute atomic E-state index is 10.1. The van der Waals surface area contributed by atoms with Gasteiger partial charge in [0.1, 0.15) is 6.10 Å². The number of aliphatic hydroxyl groups is 2. The molecule has 1 saturated carbocycles. The first kappa shape index (κ1) is 11.0. The van der Waals surface area contributed by atoms with Gasteiger partial charge in [-0.2, -0.15) is 0 Å². The van der Waals surface area contributed by atoms with Crippen molar-refractivity contribution >= 4 is 0 Å². The van der Waals surface area contributed by atoms with E-state index in [9.17, 15) is 10.2 Å². The summed E-state index contributed by atoms with van der Waals surface area (Å²) in [5.41, 5.74) is -0.331. The molecule has 3 aliphatic heterocycles. The Hall–Kier alpha value is -0.160. The molecule has 4 aliphatic rings. The largest absolute Gasteiger partial charge is 0.387 e. The average molecular weight is 228 g/mol. The van der Waals surface area contributed by atoms with Crippen molar-refractivity contribution < 1.29 is 19.7 Å². The zero-order valence-electron chi connectivity index (χ0n) is 9.69. The van der Waals surface area contributed by atoms with E-state index < -0.39 is 11.9 Å². The van der Waals surface area contributed by atoms with Crippen LogP contribution in [0, 0.1) is 0 Å². The maximum Gasteiger partial charge on any atom is 0.192 e. The Kier molecular flexibility index (Phi) is 2.34. The van der Waals surface area contributed by atoms with Gasteiger partial charge in [-0.1, -0.05) is 6.92 Å². The lowest BCUT2D eigenvalue weighted by atomic mass is 9.70. The van der Waals surface area contributed by atoms with Gasteiger partial charge in [-0.05, 0) is 25.7 Å². The smallest absolute Gasteiger partial charge is 0.192 e. The van der Waals surface area contributed by atoms with Crippen LogP contribution in [-0.2, 0) is 9.47 Å². The summed E-state index contributed by atoms with van der Waals surface area (Å²) in [6, 6.07) is 0. The fourth-order valence-corrected chi connectivity index (χ4v) is 3.45. The van der Waals surface area contributed by atoms with Crippen LogP contribution in [0.5, 0.6) is 0 Å². The van der Waals surface area contributed by atoms with Gasteiger partial charge in [0.25, 0.3) is 0 Å². The van der Waals surface area contributed by atoms with E-state index in [1.54, 1.807) is 0 Å². The minimum atomic E-state index is -1.31. The molecule has 0 aromatic carbocycles. The Bertz CT molecular complexity index is 291. The molecule has 3 heterocycles. The summed E-state index contributed by atoms with van der Waals surface area (Å²) in [5.74, 6) is -1.31. The van der Waals surface area contributed by atoms with Crippen molar-refractivity contribution in [2.45, 2.75) is 75.1 Å². The van der Waals surface area contributed by atoms with Crippen molar-refractivity contribution in [2.24, 2.45) is 0 Å². The van der Waals surface area contributed by atoms with Crippen molar-refractivity contribution in [3.8, 4) is 0 Å². The van der Waals surface area contributed by atoms with Crippen molar-refractivity contribution in [3.05, 3.63) is 0 Å². The molecule has 2 N–H and O–H groups in total. The topological polar surface area (TPSA) is 58.9 Å².